The highest BCUT2D eigenvalue weighted by Gasteiger charge is 2.26. The number of thioether (sulfide) groups is 1. The fourth-order valence-corrected chi connectivity index (χ4v) is 3.72. The number of halogens is 2. The maximum absolute atomic E-state index is 6.20. The van der Waals surface area contributed by atoms with Gasteiger partial charge in [0.25, 0.3) is 0 Å². The van der Waals surface area contributed by atoms with Gasteiger partial charge in [-0.25, -0.2) is 4.99 Å². The van der Waals surface area contributed by atoms with Gasteiger partial charge in [-0.2, -0.15) is 0 Å². The first-order valence-corrected chi connectivity index (χ1v) is 8.38. The van der Waals surface area contributed by atoms with Crippen molar-refractivity contribution < 1.29 is 0 Å². The monoisotopic (exact) mass is 314 g/mol. The van der Waals surface area contributed by atoms with Crippen molar-refractivity contribution in [2.45, 2.75) is 19.3 Å². The zero-order valence-corrected chi connectivity index (χ0v) is 12.9. The molecule has 1 aliphatic heterocycles. The van der Waals surface area contributed by atoms with Crippen LogP contribution in [0.1, 0.15) is 19.3 Å². The summed E-state index contributed by atoms with van der Waals surface area (Å²) in [5.74, 6) is 1.97. The second kappa shape index (κ2) is 5.94. The number of benzene rings is 1. The lowest BCUT2D eigenvalue weighted by Crippen LogP contribution is -2.33. The summed E-state index contributed by atoms with van der Waals surface area (Å²) < 4.78 is 0. The van der Waals surface area contributed by atoms with Gasteiger partial charge in [0, 0.05) is 18.8 Å². The maximum Gasteiger partial charge on any atom is 0.164 e. The van der Waals surface area contributed by atoms with E-state index in [2.05, 4.69) is 4.90 Å². The van der Waals surface area contributed by atoms with Crippen LogP contribution >= 0.6 is 35.0 Å². The van der Waals surface area contributed by atoms with Crippen LogP contribution in [0.15, 0.2) is 23.2 Å². The van der Waals surface area contributed by atoms with Gasteiger partial charge in [-0.3, -0.25) is 0 Å². The Morgan fingerprint density at radius 3 is 2.89 bits per heavy atom. The van der Waals surface area contributed by atoms with Crippen LogP contribution < -0.4 is 0 Å². The lowest BCUT2D eigenvalue weighted by atomic mass is 9.85. The van der Waals surface area contributed by atoms with E-state index in [9.17, 15) is 0 Å². The molecule has 1 aliphatic carbocycles. The van der Waals surface area contributed by atoms with E-state index in [1.807, 2.05) is 23.9 Å². The Morgan fingerprint density at radius 1 is 1.32 bits per heavy atom. The Kier molecular flexibility index (Phi) is 4.25. The van der Waals surface area contributed by atoms with E-state index in [0.29, 0.717) is 10.0 Å². The normalized spacial score (nSPS) is 22.0. The second-order valence-corrected chi connectivity index (χ2v) is 6.91. The van der Waals surface area contributed by atoms with E-state index in [0.717, 1.165) is 35.6 Å². The van der Waals surface area contributed by atoms with E-state index in [1.54, 1.807) is 6.07 Å². The molecule has 19 heavy (non-hydrogen) atoms. The zero-order chi connectivity index (χ0) is 13.2. The van der Waals surface area contributed by atoms with E-state index in [4.69, 9.17) is 28.2 Å². The molecule has 1 saturated carbocycles. The van der Waals surface area contributed by atoms with Gasteiger partial charge in [0.1, 0.15) is 0 Å². The van der Waals surface area contributed by atoms with Gasteiger partial charge < -0.3 is 4.90 Å². The van der Waals surface area contributed by atoms with E-state index < -0.39 is 0 Å². The zero-order valence-electron chi connectivity index (χ0n) is 10.6. The van der Waals surface area contributed by atoms with Gasteiger partial charge in [0.15, 0.2) is 5.17 Å². The number of hydrogen-bond donors (Lipinski definition) is 0. The summed E-state index contributed by atoms with van der Waals surface area (Å²) in [6.07, 6.45) is 4.12. The molecule has 2 fully saturated rings. The van der Waals surface area contributed by atoms with Crippen LogP contribution in [0.3, 0.4) is 0 Å². The molecule has 0 amide bonds. The fraction of sp³-hybridized carbons (Fsp3) is 0.500. The van der Waals surface area contributed by atoms with E-state index in [1.165, 1.54) is 19.3 Å². The summed E-state index contributed by atoms with van der Waals surface area (Å²) in [5, 5.41) is 2.21. The van der Waals surface area contributed by atoms with E-state index in [-0.39, 0.29) is 0 Å². The molecular formula is C14H16Cl2N2S. The summed E-state index contributed by atoms with van der Waals surface area (Å²) in [5.41, 5.74) is 0.775. The largest absolute Gasteiger partial charge is 0.350 e. The average Bonchev–Trinajstić information content (AvgIpc) is 2.77. The van der Waals surface area contributed by atoms with Gasteiger partial charge in [-0.15, -0.1) is 0 Å². The molecule has 0 aromatic heterocycles. The van der Waals surface area contributed by atoms with Gasteiger partial charge in [0.05, 0.1) is 15.7 Å². The fourth-order valence-electron chi connectivity index (χ4n) is 2.38. The topological polar surface area (TPSA) is 15.6 Å². The molecule has 3 rings (SSSR count). The molecule has 1 aromatic carbocycles. The molecule has 0 atom stereocenters. The van der Waals surface area contributed by atoms with Gasteiger partial charge in [-0.1, -0.05) is 47.5 Å². The summed E-state index contributed by atoms with van der Waals surface area (Å²) >= 11 is 14.0. The average molecular weight is 315 g/mol. The first kappa shape index (κ1) is 13.6. The molecule has 1 heterocycles. The highest BCUT2D eigenvalue weighted by molar-refractivity contribution is 8.14. The minimum atomic E-state index is 0.549. The molecule has 1 aromatic rings. The molecule has 0 radical (unpaired) electrons. The summed E-state index contributed by atoms with van der Waals surface area (Å²) in [4.78, 5) is 7.10. The lowest BCUT2D eigenvalue weighted by Gasteiger charge is -2.30. The summed E-state index contributed by atoms with van der Waals surface area (Å²) in [7, 11) is 0. The molecule has 1 saturated heterocycles. The molecule has 2 nitrogen and oxygen atoms in total. The van der Waals surface area contributed by atoms with Crippen LogP contribution in [0.4, 0.5) is 5.69 Å². The quantitative estimate of drug-likeness (QED) is 0.794. The lowest BCUT2D eigenvalue weighted by molar-refractivity contribution is 0.250. The molecule has 0 N–H and O–H groups in total. The number of hydrogen-bond acceptors (Lipinski definition) is 2. The van der Waals surface area contributed by atoms with Crippen LogP contribution in [-0.2, 0) is 0 Å². The van der Waals surface area contributed by atoms with Crippen molar-refractivity contribution in [3.05, 3.63) is 28.2 Å². The predicted octanol–water partition coefficient (Wildman–Crippen LogP) is 4.83. The Bertz CT molecular complexity index is 500. The Labute approximate surface area is 128 Å². The summed E-state index contributed by atoms with van der Waals surface area (Å²) in [6.45, 7) is 2.24. The van der Waals surface area contributed by atoms with E-state index >= 15 is 0 Å². The van der Waals surface area contributed by atoms with Crippen LogP contribution in [0, 0.1) is 5.92 Å². The number of nitrogens with zero attached hydrogens (tertiary/aromatic N) is 2. The number of aliphatic imine (C=N–C) groups is 1. The molecule has 5 heteroatoms. The van der Waals surface area contributed by atoms with Crippen LogP contribution in [0.25, 0.3) is 0 Å². The SMILES string of the molecule is Clc1cccc(N=C2SCCN2CC2CCC2)c1Cl. The third-order valence-electron chi connectivity index (χ3n) is 3.71. The van der Waals surface area contributed by atoms with Gasteiger partial charge >= 0.3 is 0 Å². The Balaban J connectivity index is 1.78. The first-order chi connectivity index (χ1) is 9.24. The van der Waals surface area contributed by atoms with Crippen molar-refractivity contribution in [2.24, 2.45) is 10.9 Å². The van der Waals surface area contributed by atoms with Crippen molar-refractivity contribution in [1.29, 1.82) is 0 Å². The minimum absolute atomic E-state index is 0.549. The van der Waals surface area contributed by atoms with Crippen molar-refractivity contribution in [3.8, 4) is 0 Å². The predicted molar refractivity (Wildman–Crippen MR) is 84.9 cm³/mol. The molecule has 102 valence electrons. The first-order valence-electron chi connectivity index (χ1n) is 6.64. The van der Waals surface area contributed by atoms with Gasteiger partial charge in [0.2, 0.25) is 0 Å². The Hall–Kier alpha value is -0.380. The van der Waals surface area contributed by atoms with Crippen LogP contribution in [0.5, 0.6) is 0 Å². The second-order valence-electron chi connectivity index (χ2n) is 5.06. The molecular weight excluding hydrogens is 299 g/mol. The molecule has 0 unspecified atom stereocenters. The van der Waals surface area contributed by atoms with Crippen LogP contribution in [0.2, 0.25) is 10.0 Å². The third-order valence-corrected chi connectivity index (χ3v) is 5.52. The van der Waals surface area contributed by atoms with Crippen LogP contribution in [-0.4, -0.2) is 28.9 Å². The minimum Gasteiger partial charge on any atom is -0.350 e. The summed E-state index contributed by atoms with van der Waals surface area (Å²) in [6, 6.07) is 5.60. The Morgan fingerprint density at radius 2 is 2.16 bits per heavy atom. The number of rotatable bonds is 3. The highest BCUT2D eigenvalue weighted by Crippen LogP contribution is 2.35. The number of amidine groups is 1. The third kappa shape index (κ3) is 3.04. The maximum atomic E-state index is 6.20. The van der Waals surface area contributed by atoms with Gasteiger partial charge in [-0.05, 0) is 30.9 Å². The molecule has 2 aliphatic rings. The smallest absolute Gasteiger partial charge is 0.164 e. The highest BCUT2D eigenvalue weighted by atomic mass is 35.5. The van der Waals surface area contributed by atoms with Crippen molar-refractivity contribution in [2.75, 3.05) is 18.8 Å². The van der Waals surface area contributed by atoms with Crippen molar-refractivity contribution in [1.82, 2.24) is 4.90 Å². The molecule has 0 spiro atoms. The standard InChI is InChI=1S/C14H16Cl2N2S/c15-11-5-2-6-12(13(11)16)17-14-18(7-8-19-14)9-10-3-1-4-10/h2,5-6,10H,1,3-4,7-9H2. The van der Waals surface area contributed by atoms with Crippen molar-refractivity contribution >= 4 is 45.8 Å². The molecule has 0 bridgehead atoms. The van der Waals surface area contributed by atoms with Crippen molar-refractivity contribution in [3.63, 3.8) is 0 Å².